The van der Waals surface area contributed by atoms with E-state index in [4.69, 9.17) is 11.6 Å². The standard InChI is InChI=1S/C13H8ClF3O2/c14-10-4-9(5-11(18)7-10)8-2-1-3-12(6-8)19-13(15,16)17/h1-7,18H. The number of hydrogen-bond donors (Lipinski definition) is 1. The van der Waals surface area contributed by atoms with Crippen LogP contribution in [0.15, 0.2) is 42.5 Å². The molecule has 0 heterocycles. The molecule has 0 aliphatic carbocycles. The Morgan fingerprint density at radius 2 is 1.74 bits per heavy atom. The van der Waals surface area contributed by atoms with Crippen molar-refractivity contribution in [3.05, 3.63) is 47.5 Å². The molecule has 0 aliphatic rings. The van der Waals surface area contributed by atoms with Crippen LogP contribution in [0.1, 0.15) is 0 Å². The lowest BCUT2D eigenvalue weighted by atomic mass is 10.1. The molecule has 0 aliphatic heterocycles. The number of ether oxygens (including phenoxy) is 1. The van der Waals surface area contributed by atoms with Crippen molar-refractivity contribution >= 4 is 11.6 Å². The zero-order chi connectivity index (χ0) is 14.0. The van der Waals surface area contributed by atoms with Crippen LogP contribution in [0.5, 0.6) is 11.5 Å². The van der Waals surface area contributed by atoms with E-state index < -0.39 is 6.36 Å². The van der Waals surface area contributed by atoms with Crippen molar-refractivity contribution in [1.82, 2.24) is 0 Å². The van der Waals surface area contributed by atoms with Crippen LogP contribution in [0.2, 0.25) is 5.02 Å². The Labute approximate surface area is 112 Å². The fourth-order valence-electron chi connectivity index (χ4n) is 1.61. The summed E-state index contributed by atoms with van der Waals surface area (Å²) in [5, 5.41) is 9.70. The zero-order valence-corrected chi connectivity index (χ0v) is 10.2. The summed E-state index contributed by atoms with van der Waals surface area (Å²) in [6.45, 7) is 0. The van der Waals surface area contributed by atoms with Crippen molar-refractivity contribution < 1.29 is 23.0 Å². The van der Waals surface area contributed by atoms with Crippen molar-refractivity contribution in [1.29, 1.82) is 0 Å². The maximum absolute atomic E-state index is 12.1. The number of hydrogen-bond acceptors (Lipinski definition) is 2. The molecule has 19 heavy (non-hydrogen) atoms. The Kier molecular flexibility index (Phi) is 3.57. The Morgan fingerprint density at radius 1 is 1.00 bits per heavy atom. The molecule has 0 fully saturated rings. The van der Waals surface area contributed by atoms with Gasteiger partial charge in [-0.05, 0) is 41.5 Å². The van der Waals surface area contributed by atoms with E-state index >= 15 is 0 Å². The van der Waals surface area contributed by atoms with E-state index in [1.54, 1.807) is 6.07 Å². The molecule has 0 atom stereocenters. The first-order chi connectivity index (χ1) is 8.83. The van der Waals surface area contributed by atoms with Gasteiger partial charge in [0.25, 0.3) is 0 Å². The highest BCUT2D eigenvalue weighted by molar-refractivity contribution is 6.31. The topological polar surface area (TPSA) is 29.5 Å². The van der Waals surface area contributed by atoms with Crippen molar-refractivity contribution in [2.75, 3.05) is 0 Å². The summed E-state index contributed by atoms with van der Waals surface area (Å²) in [5.74, 6) is -0.394. The highest BCUT2D eigenvalue weighted by Gasteiger charge is 2.31. The Morgan fingerprint density at radius 3 is 2.37 bits per heavy atom. The van der Waals surface area contributed by atoms with Crippen LogP contribution >= 0.6 is 11.6 Å². The molecule has 0 bridgehead atoms. The minimum absolute atomic E-state index is 0.0651. The first-order valence-corrected chi connectivity index (χ1v) is 5.57. The first kappa shape index (κ1) is 13.5. The van der Waals surface area contributed by atoms with Crippen molar-refractivity contribution in [2.24, 2.45) is 0 Å². The predicted molar refractivity (Wildman–Crippen MR) is 65.2 cm³/mol. The molecule has 0 amide bonds. The van der Waals surface area contributed by atoms with Gasteiger partial charge >= 0.3 is 6.36 Å². The molecule has 2 nitrogen and oxygen atoms in total. The van der Waals surface area contributed by atoms with Crippen LogP contribution in [0.4, 0.5) is 13.2 Å². The van der Waals surface area contributed by atoms with Gasteiger partial charge in [0.15, 0.2) is 0 Å². The van der Waals surface area contributed by atoms with Gasteiger partial charge in [-0.15, -0.1) is 13.2 Å². The Balaban J connectivity index is 2.37. The summed E-state index contributed by atoms with van der Waals surface area (Å²) < 4.78 is 40.2. The first-order valence-electron chi connectivity index (χ1n) is 5.19. The number of aromatic hydroxyl groups is 1. The number of alkyl halides is 3. The summed E-state index contributed by atoms with van der Waals surface area (Å²) in [4.78, 5) is 0. The lowest BCUT2D eigenvalue weighted by Crippen LogP contribution is -2.17. The van der Waals surface area contributed by atoms with Gasteiger partial charge in [0.1, 0.15) is 11.5 Å². The molecular weight excluding hydrogens is 281 g/mol. The van der Waals surface area contributed by atoms with Gasteiger partial charge in [-0.25, -0.2) is 0 Å². The fraction of sp³-hybridized carbons (Fsp3) is 0.0769. The third kappa shape index (κ3) is 3.79. The van der Waals surface area contributed by atoms with E-state index in [-0.39, 0.29) is 16.5 Å². The van der Waals surface area contributed by atoms with Gasteiger partial charge in [-0.3, -0.25) is 0 Å². The monoisotopic (exact) mass is 288 g/mol. The fourth-order valence-corrected chi connectivity index (χ4v) is 1.84. The second kappa shape index (κ2) is 5.01. The summed E-state index contributed by atoms with van der Waals surface area (Å²) in [5.41, 5.74) is 0.956. The molecule has 2 aromatic rings. The SMILES string of the molecule is Oc1cc(Cl)cc(-c2cccc(OC(F)(F)F)c2)c1. The minimum atomic E-state index is -4.74. The van der Waals surface area contributed by atoms with E-state index in [9.17, 15) is 18.3 Å². The quantitative estimate of drug-likeness (QED) is 0.874. The maximum atomic E-state index is 12.1. The molecule has 0 saturated carbocycles. The van der Waals surface area contributed by atoms with Crippen LogP contribution in [0.25, 0.3) is 11.1 Å². The number of phenolic OH excluding ortho intramolecular Hbond substituents is 1. The highest BCUT2D eigenvalue weighted by atomic mass is 35.5. The molecule has 1 N–H and O–H groups in total. The number of phenols is 1. The molecule has 2 rings (SSSR count). The van der Waals surface area contributed by atoms with Crippen molar-refractivity contribution in [2.45, 2.75) is 6.36 Å². The largest absolute Gasteiger partial charge is 0.573 e. The normalized spacial score (nSPS) is 11.4. The molecular formula is C13H8ClF3O2. The molecule has 0 aromatic heterocycles. The van der Waals surface area contributed by atoms with Crippen LogP contribution < -0.4 is 4.74 Å². The summed E-state index contributed by atoms with van der Waals surface area (Å²) in [6.07, 6.45) is -4.74. The Hall–Kier alpha value is -1.88. The average molecular weight is 289 g/mol. The molecule has 6 heteroatoms. The van der Waals surface area contributed by atoms with Crippen LogP contribution in [0, 0.1) is 0 Å². The lowest BCUT2D eigenvalue weighted by molar-refractivity contribution is -0.274. The number of rotatable bonds is 2. The summed E-state index contributed by atoms with van der Waals surface area (Å²) in [6, 6.07) is 9.70. The lowest BCUT2D eigenvalue weighted by Gasteiger charge is -2.10. The predicted octanol–water partition coefficient (Wildman–Crippen LogP) is 4.61. The van der Waals surface area contributed by atoms with Gasteiger partial charge < -0.3 is 9.84 Å². The van der Waals surface area contributed by atoms with Crippen molar-refractivity contribution in [3.63, 3.8) is 0 Å². The maximum Gasteiger partial charge on any atom is 0.573 e. The minimum Gasteiger partial charge on any atom is -0.508 e. The van der Waals surface area contributed by atoms with Crippen LogP contribution in [-0.4, -0.2) is 11.5 Å². The number of benzene rings is 2. The molecule has 0 saturated heterocycles. The third-order valence-electron chi connectivity index (χ3n) is 2.28. The zero-order valence-electron chi connectivity index (χ0n) is 9.41. The van der Waals surface area contributed by atoms with Crippen LogP contribution in [-0.2, 0) is 0 Å². The van der Waals surface area contributed by atoms with Gasteiger partial charge in [0.05, 0.1) is 0 Å². The van der Waals surface area contributed by atoms with Crippen molar-refractivity contribution in [3.8, 4) is 22.6 Å². The number of halogens is 4. The summed E-state index contributed by atoms with van der Waals surface area (Å²) in [7, 11) is 0. The van der Waals surface area contributed by atoms with Gasteiger partial charge in [0, 0.05) is 5.02 Å². The Bertz CT molecular complexity index is 576. The van der Waals surface area contributed by atoms with Crippen LogP contribution in [0.3, 0.4) is 0 Å². The van der Waals surface area contributed by atoms with E-state index in [1.807, 2.05) is 0 Å². The summed E-state index contributed by atoms with van der Waals surface area (Å²) >= 11 is 5.78. The van der Waals surface area contributed by atoms with Gasteiger partial charge in [-0.1, -0.05) is 23.7 Å². The van der Waals surface area contributed by atoms with E-state index in [0.717, 1.165) is 0 Å². The molecule has 2 aromatic carbocycles. The van der Waals surface area contributed by atoms with E-state index in [2.05, 4.69) is 4.74 Å². The third-order valence-corrected chi connectivity index (χ3v) is 2.50. The second-order valence-electron chi connectivity index (χ2n) is 3.77. The van der Waals surface area contributed by atoms with E-state index in [1.165, 1.54) is 36.4 Å². The smallest absolute Gasteiger partial charge is 0.508 e. The van der Waals surface area contributed by atoms with Gasteiger partial charge in [-0.2, -0.15) is 0 Å². The molecule has 0 spiro atoms. The highest BCUT2D eigenvalue weighted by Crippen LogP contribution is 2.31. The molecule has 100 valence electrons. The van der Waals surface area contributed by atoms with E-state index in [0.29, 0.717) is 11.1 Å². The van der Waals surface area contributed by atoms with Gasteiger partial charge in [0.2, 0.25) is 0 Å². The average Bonchev–Trinajstić information content (AvgIpc) is 2.25. The second-order valence-corrected chi connectivity index (χ2v) is 4.21. The molecule has 0 radical (unpaired) electrons. The molecule has 0 unspecified atom stereocenters.